The standard InChI is InChI=1S/C19H28FN3O/c1-21(2)12-13-23-11-9-19(18(23)24)8-3-10-22(15-19)14-16-4-6-17(20)7-5-16/h4-7H,3,8-15H2,1-2H3/t19-/m1/s1. The number of carbonyl (C=O) groups is 1. The topological polar surface area (TPSA) is 26.8 Å². The zero-order valence-corrected chi connectivity index (χ0v) is 14.8. The van der Waals surface area contributed by atoms with Crippen molar-refractivity contribution in [3.05, 3.63) is 35.6 Å². The molecule has 24 heavy (non-hydrogen) atoms. The molecule has 2 aliphatic heterocycles. The maximum atomic E-state index is 13.1. The van der Waals surface area contributed by atoms with Crippen molar-refractivity contribution in [1.82, 2.24) is 14.7 Å². The molecule has 0 aromatic heterocycles. The number of likely N-dealkylation sites (tertiary alicyclic amines) is 2. The van der Waals surface area contributed by atoms with Gasteiger partial charge in [-0.2, -0.15) is 0 Å². The Morgan fingerprint density at radius 3 is 2.62 bits per heavy atom. The molecule has 0 saturated carbocycles. The molecule has 0 bridgehead atoms. The molecule has 2 fully saturated rings. The van der Waals surface area contributed by atoms with Gasteiger partial charge >= 0.3 is 0 Å². The van der Waals surface area contributed by atoms with Crippen LogP contribution in [0.5, 0.6) is 0 Å². The van der Waals surface area contributed by atoms with E-state index in [4.69, 9.17) is 0 Å². The monoisotopic (exact) mass is 333 g/mol. The number of amides is 1. The van der Waals surface area contributed by atoms with Gasteiger partial charge in [0.2, 0.25) is 5.91 Å². The van der Waals surface area contributed by atoms with Crippen LogP contribution in [0.25, 0.3) is 0 Å². The molecule has 5 heteroatoms. The van der Waals surface area contributed by atoms with E-state index < -0.39 is 0 Å². The summed E-state index contributed by atoms with van der Waals surface area (Å²) in [5.74, 6) is 0.143. The van der Waals surface area contributed by atoms with Gasteiger partial charge in [-0.05, 0) is 57.6 Å². The number of hydrogen-bond acceptors (Lipinski definition) is 3. The fourth-order valence-electron chi connectivity index (χ4n) is 4.02. The Hall–Kier alpha value is -1.46. The van der Waals surface area contributed by atoms with Crippen LogP contribution in [0.4, 0.5) is 4.39 Å². The molecular formula is C19H28FN3O. The van der Waals surface area contributed by atoms with Crippen LogP contribution in [0.2, 0.25) is 0 Å². The first-order valence-electron chi connectivity index (χ1n) is 8.89. The minimum atomic E-state index is -0.198. The minimum absolute atomic E-state index is 0.190. The molecule has 1 amide bonds. The van der Waals surface area contributed by atoms with Gasteiger partial charge in [0, 0.05) is 32.7 Å². The van der Waals surface area contributed by atoms with Crippen LogP contribution in [-0.4, -0.2) is 67.4 Å². The summed E-state index contributed by atoms with van der Waals surface area (Å²) in [6.45, 7) is 5.28. The van der Waals surface area contributed by atoms with E-state index in [0.29, 0.717) is 5.91 Å². The van der Waals surface area contributed by atoms with Gasteiger partial charge in [0.15, 0.2) is 0 Å². The van der Waals surface area contributed by atoms with Crippen molar-refractivity contribution >= 4 is 5.91 Å². The second-order valence-corrected chi connectivity index (χ2v) is 7.57. The van der Waals surface area contributed by atoms with E-state index in [0.717, 1.165) is 64.1 Å². The molecule has 0 N–H and O–H groups in total. The lowest BCUT2D eigenvalue weighted by molar-refractivity contribution is -0.139. The predicted octanol–water partition coefficient (Wildman–Crippen LogP) is 2.20. The number of benzene rings is 1. The van der Waals surface area contributed by atoms with Gasteiger partial charge in [0.25, 0.3) is 0 Å². The normalized spacial score (nSPS) is 25.2. The number of carbonyl (C=O) groups excluding carboxylic acids is 1. The number of rotatable bonds is 5. The van der Waals surface area contributed by atoms with E-state index in [1.807, 2.05) is 31.1 Å². The lowest BCUT2D eigenvalue weighted by Gasteiger charge is -2.39. The molecule has 3 rings (SSSR count). The molecule has 132 valence electrons. The Labute approximate surface area is 144 Å². The summed E-state index contributed by atoms with van der Waals surface area (Å²) in [6, 6.07) is 6.71. The van der Waals surface area contributed by atoms with Crippen molar-refractivity contribution in [1.29, 1.82) is 0 Å². The third-order valence-corrected chi connectivity index (χ3v) is 5.39. The Bertz CT molecular complexity index is 574. The highest BCUT2D eigenvalue weighted by Crippen LogP contribution is 2.40. The lowest BCUT2D eigenvalue weighted by atomic mass is 9.78. The summed E-state index contributed by atoms with van der Waals surface area (Å²) in [7, 11) is 4.09. The highest BCUT2D eigenvalue weighted by atomic mass is 19.1. The number of piperidine rings is 1. The van der Waals surface area contributed by atoms with Crippen molar-refractivity contribution in [2.45, 2.75) is 25.8 Å². The van der Waals surface area contributed by atoms with Crippen molar-refractivity contribution in [3.8, 4) is 0 Å². The maximum absolute atomic E-state index is 13.1. The lowest BCUT2D eigenvalue weighted by Crippen LogP contribution is -2.48. The summed E-state index contributed by atoms with van der Waals surface area (Å²) < 4.78 is 13.1. The van der Waals surface area contributed by atoms with Gasteiger partial charge in [0.05, 0.1) is 5.41 Å². The Balaban J connectivity index is 1.62. The van der Waals surface area contributed by atoms with Gasteiger partial charge in [-0.15, -0.1) is 0 Å². The molecule has 2 aliphatic rings. The van der Waals surface area contributed by atoms with E-state index in [2.05, 4.69) is 9.80 Å². The van der Waals surface area contributed by atoms with E-state index in [1.165, 1.54) is 12.1 Å². The fraction of sp³-hybridized carbons (Fsp3) is 0.632. The summed E-state index contributed by atoms with van der Waals surface area (Å²) >= 11 is 0. The Morgan fingerprint density at radius 2 is 1.92 bits per heavy atom. The average Bonchev–Trinajstić information content (AvgIpc) is 2.84. The Kier molecular flexibility index (Phi) is 5.21. The minimum Gasteiger partial charge on any atom is -0.341 e. The third kappa shape index (κ3) is 3.78. The second kappa shape index (κ2) is 7.19. The number of halogens is 1. The van der Waals surface area contributed by atoms with Gasteiger partial charge in [-0.1, -0.05) is 12.1 Å². The average molecular weight is 333 g/mol. The molecule has 1 spiro atoms. The van der Waals surface area contributed by atoms with Crippen molar-refractivity contribution in [3.63, 3.8) is 0 Å². The van der Waals surface area contributed by atoms with Crippen LogP contribution in [0.15, 0.2) is 24.3 Å². The smallest absolute Gasteiger partial charge is 0.230 e. The SMILES string of the molecule is CN(C)CCN1CC[C@@]2(CCCN(Cc3ccc(F)cc3)C2)C1=O. The molecular weight excluding hydrogens is 305 g/mol. The molecule has 0 aliphatic carbocycles. The highest BCUT2D eigenvalue weighted by molar-refractivity contribution is 5.85. The maximum Gasteiger partial charge on any atom is 0.230 e. The van der Waals surface area contributed by atoms with Gasteiger partial charge in [-0.3, -0.25) is 9.69 Å². The first-order valence-corrected chi connectivity index (χ1v) is 8.89. The Morgan fingerprint density at radius 1 is 1.17 bits per heavy atom. The van der Waals surface area contributed by atoms with Crippen LogP contribution in [0.3, 0.4) is 0 Å². The zero-order valence-electron chi connectivity index (χ0n) is 14.8. The molecule has 1 atom stereocenters. The number of likely N-dealkylation sites (N-methyl/N-ethyl adjacent to an activating group) is 1. The second-order valence-electron chi connectivity index (χ2n) is 7.57. The summed E-state index contributed by atoms with van der Waals surface area (Å²) in [6.07, 6.45) is 3.04. The summed E-state index contributed by atoms with van der Waals surface area (Å²) in [5, 5.41) is 0. The first-order chi connectivity index (χ1) is 11.5. The van der Waals surface area contributed by atoms with Gasteiger partial charge < -0.3 is 9.80 Å². The highest BCUT2D eigenvalue weighted by Gasteiger charge is 2.48. The molecule has 0 radical (unpaired) electrons. The van der Waals surface area contributed by atoms with Crippen LogP contribution < -0.4 is 0 Å². The largest absolute Gasteiger partial charge is 0.341 e. The van der Waals surface area contributed by atoms with Crippen LogP contribution in [0.1, 0.15) is 24.8 Å². The van der Waals surface area contributed by atoms with Crippen LogP contribution in [-0.2, 0) is 11.3 Å². The number of hydrogen-bond donors (Lipinski definition) is 0. The predicted molar refractivity (Wildman–Crippen MR) is 93.1 cm³/mol. The van der Waals surface area contributed by atoms with Crippen LogP contribution in [0, 0.1) is 11.2 Å². The van der Waals surface area contributed by atoms with E-state index in [9.17, 15) is 9.18 Å². The van der Waals surface area contributed by atoms with E-state index in [-0.39, 0.29) is 11.2 Å². The van der Waals surface area contributed by atoms with Crippen molar-refractivity contribution in [2.75, 3.05) is 46.8 Å². The summed E-state index contributed by atoms with van der Waals surface area (Å²) in [4.78, 5) is 19.5. The fourth-order valence-corrected chi connectivity index (χ4v) is 4.02. The van der Waals surface area contributed by atoms with Crippen molar-refractivity contribution in [2.24, 2.45) is 5.41 Å². The van der Waals surface area contributed by atoms with Crippen molar-refractivity contribution < 1.29 is 9.18 Å². The van der Waals surface area contributed by atoms with Gasteiger partial charge in [-0.25, -0.2) is 4.39 Å². The quantitative estimate of drug-likeness (QED) is 0.826. The van der Waals surface area contributed by atoms with E-state index >= 15 is 0 Å². The molecule has 1 aromatic rings. The van der Waals surface area contributed by atoms with Gasteiger partial charge in [0.1, 0.15) is 5.82 Å². The zero-order chi connectivity index (χ0) is 17.2. The van der Waals surface area contributed by atoms with Crippen LogP contribution >= 0.6 is 0 Å². The molecule has 4 nitrogen and oxygen atoms in total. The van der Waals surface area contributed by atoms with E-state index in [1.54, 1.807) is 0 Å². The summed E-state index contributed by atoms with van der Waals surface area (Å²) in [5.41, 5.74) is 0.924. The number of nitrogens with zero attached hydrogens (tertiary/aromatic N) is 3. The molecule has 1 aromatic carbocycles. The third-order valence-electron chi connectivity index (χ3n) is 5.39. The molecule has 2 heterocycles. The molecule has 2 saturated heterocycles. The first kappa shape index (κ1) is 17.4. The molecule has 0 unspecified atom stereocenters.